The Morgan fingerprint density at radius 1 is 1.00 bits per heavy atom. The first-order chi connectivity index (χ1) is 15.8. The molecule has 0 spiro atoms. The summed E-state index contributed by atoms with van der Waals surface area (Å²) < 4.78 is 4.96. The highest BCUT2D eigenvalue weighted by molar-refractivity contribution is 5.90. The Labute approximate surface area is 205 Å². The SMILES string of the molecule is COC(=O)[C@H](Cc1ccccc1)NN(C(=O)C1(N)CCCC1)[C@@H](Cc1ccccc1)C(=O)O.Cl. The van der Waals surface area contributed by atoms with Crippen molar-refractivity contribution in [2.45, 2.75) is 56.1 Å². The summed E-state index contributed by atoms with van der Waals surface area (Å²) in [7, 11) is 1.26. The number of benzene rings is 2. The first kappa shape index (κ1) is 27.3. The number of hydrogen-bond donors (Lipinski definition) is 3. The van der Waals surface area contributed by atoms with Gasteiger partial charge >= 0.3 is 11.9 Å². The molecule has 4 N–H and O–H groups in total. The van der Waals surface area contributed by atoms with Crippen molar-refractivity contribution in [2.75, 3.05) is 7.11 Å². The molecule has 0 unspecified atom stereocenters. The monoisotopic (exact) mass is 489 g/mol. The van der Waals surface area contributed by atoms with E-state index < -0.39 is 35.5 Å². The lowest BCUT2D eigenvalue weighted by atomic mass is 9.95. The highest BCUT2D eigenvalue weighted by atomic mass is 35.5. The standard InChI is InChI=1S/C25H31N3O5.ClH/c1-33-23(31)20(16-18-10-4-2-5-11-18)27-28(24(32)25(26)14-8-9-15-25)21(22(29)30)17-19-12-6-3-7-13-19;/h2-7,10-13,20-21,27H,8-9,14-17,26H2,1H3,(H,29,30);1H/t20-,21-;/m0./s1. The average Bonchev–Trinajstić information content (AvgIpc) is 3.28. The van der Waals surface area contributed by atoms with Crippen molar-refractivity contribution in [1.29, 1.82) is 0 Å². The maximum Gasteiger partial charge on any atom is 0.328 e. The third kappa shape index (κ3) is 6.79. The van der Waals surface area contributed by atoms with Crippen LogP contribution < -0.4 is 11.2 Å². The summed E-state index contributed by atoms with van der Waals surface area (Å²) in [5.41, 5.74) is 9.75. The minimum atomic E-state index is -1.26. The van der Waals surface area contributed by atoms with Crippen molar-refractivity contribution in [3.8, 4) is 0 Å². The number of carboxylic acids is 1. The summed E-state index contributed by atoms with van der Waals surface area (Å²) in [6.07, 6.45) is 2.77. The largest absolute Gasteiger partial charge is 0.480 e. The van der Waals surface area contributed by atoms with Crippen LogP contribution in [0.1, 0.15) is 36.8 Å². The van der Waals surface area contributed by atoms with Crippen LogP contribution in [0.15, 0.2) is 60.7 Å². The summed E-state index contributed by atoms with van der Waals surface area (Å²) in [4.78, 5) is 38.6. The van der Waals surface area contributed by atoms with Crippen LogP contribution in [0.2, 0.25) is 0 Å². The topological polar surface area (TPSA) is 122 Å². The Kier molecular flexibility index (Phi) is 10.0. The molecule has 1 fully saturated rings. The molecule has 0 aliphatic heterocycles. The minimum absolute atomic E-state index is 0. The molecule has 1 saturated carbocycles. The van der Waals surface area contributed by atoms with Crippen LogP contribution >= 0.6 is 12.4 Å². The van der Waals surface area contributed by atoms with Gasteiger partial charge in [-0.05, 0) is 24.0 Å². The highest BCUT2D eigenvalue weighted by Crippen LogP contribution is 2.30. The number of aliphatic carboxylic acids is 1. The van der Waals surface area contributed by atoms with Gasteiger partial charge in [-0.3, -0.25) is 14.6 Å². The van der Waals surface area contributed by atoms with Crippen LogP contribution in [0.25, 0.3) is 0 Å². The zero-order valence-corrected chi connectivity index (χ0v) is 20.0. The molecule has 2 aromatic rings. The second-order valence-electron chi connectivity index (χ2n) is 8.48. The molecule has 1 aliphatic carbocycles. The lowest BCUT2D eigenvalue weighted by Gasteiger charge is -2.37. The molecule has 2 atom stereocenters. The molecule has 9 heteroatoms. The van der Waals surface area contributed by atoms with E-state index in [-0.39, 0.29) is 25.2 Å². The van der Waals surface area contributed by atoms with E-state index in [1.807, 2.05) is 48.5 Å². The first-order valence-corrected chi connectivity index (χ1v) is 11.1. The fourth-order valence-corrected chi connectivity index (χ4v) is 4.22. The zero-order valence-electron chi connectivity index (χ0n) is 19.2. The van der Waals surface area contributed by atoms with Gasteiger partial charge in [-0.25, -0.2) is 10.2 Å². The summed E-state index contributed by atoms with van der Waals surface area (Å²) in [6.45, 7) is 0. The molecule has 0 heterocycles. The van der Waals surface area contributed by atoms with E-state index in [2.05, 4.69) is 5.43 Å². The number of ether oxygens (including phenoxy) is 1. The minimum Gasteiger partial charge on any atom is -0.480 e. The van der Waals surface area contributed by atoms with E-state index in [1.165, 1.54) is 7.11 Å². The van der Waals surface area contributed by atoms with E-state index in [4.69, 9.17) is 10.5 Å². The Bertz CT molecular complexity index is 952. The number of esters is 1. The summed E-state index contributed by atoms with van der Waals surface area (Å²) in [5, 5.41) is 11.1. The smallest absolute Gasteiger partial charge is 0.328 e. The van der Waals surface area contributed by atoms with E-state index >= 15 is 0 Å². The van der Waals surface area contributed by atoms with Gasteiger partial charge in [0.2, 0.25) is 0 Å². The second kappa shape index (κ2) is 12.5. The Balaban J connectivity index is 0.00000408. The van der Waals surface area contributed by atoms with E-state index in [0.717, 1.165) is 29.0 Å². The maximum atomic E-state index is 13.6. The molecule has 0 radical (unpaired) electrons. The van der Waals surface area contributed by atoms with Gasteiger partial charge in [0.15, 0.2) is 0 Å². The van der Waals surface area contributed by atoms with Crippen LogP contribution in [0.4, 0.5) is 0 Å². The molecule has 0 aromatic heterocycles. The molecular formula is C25H32ClN3O5. The van der Waals surface area contributed by atoms with Gasteiger partial charge in [0, 0.05) is 12.8 Å². The number of halogens is 1. The van der Waals surface area contributed by atoms with Crippen molar-refractivity contribution in [1.82, 2.24) is 10.4 Å². The number of carbonyl (C=O) groups is 3. The lowest BCUT2D eigenvalue weighted by molar-refractivity contribution is -0.160. The number of hydrazine groups is 1. The molecule has 0 saturated heterocycles. The first-order valence-electron chi connectivity index (χ1n) is 11.1. The number of rotatable bonds is 10. The molecule has 8 nitrogen and oxygen atoms in total. The van der Waals surface area contributed by atoms with Crippen molar-refractivity contribution >= 4 is 30.3 Å². The lowest BCUT2D eigenvalue weighted by Crippen LogP contribution is -2.65. The summed E-state index contributed by atoms with van der Waals surface area (Å²) in [6, 6.07) is 16.1. The van der Waals surface area contributed by atoms with Gasteiger partial charge in [-0.15, -0.1) is 12.4 Å². The number of nitrogens with one attached hydrogen (secondary N) is 1. The van der Waals surface area contributed by atoms with Crippen LogP contribution in [0.5, 0.6) is 0 Å². The normalized spacial score (nSPS) is 16.1. The summed E-state index contributed by atoms with van der Waals surface area (Å²) >= 11 is 0. The van der Waals surface area contributed by atoms with Gasteiger partial charge in [0.05, 0.1) is 12.6 Å². The highest BCUT2D eigenvalue weighted by Gasteiger charge is 2.45. The number of carboxylic acid groups (broad SMARTS) is 1. The van der Waals surface area contributed by atoms with Crippen molar-refractivity contribution in [3.05, 3.63) is 71.8 Å². The molecule has 1 amide bonds. The van der Waals surface area contributed by atoms with Crippen LogP contribution in [0, 0.1) is 0 Å². The van der Waals surface area contributed by atoms with Gasteiger partial charge < -0.3 is 15.6 Å². The van der Waals surface area contributed by atoms with Crippen LogP contribution in [-0.4, -0.2) is 52.7 Å². The molecule has 184 valence electrons. The molecule has 2 aromatic carbocycles. The number of amides is 1. The second-order valence-corrected chi connectivity index (χ2v) is 8.48. The quantitative estimate of drug-likeness (QED) is 0.346. The van der Waals surface area contributed by atoms with Crippen molar-refractivity contribution < 1.29 is 24.2 Å². The van der Waals surface area contributed by atoms with Gasteiger partial charge in [-0.2, -0.15) is 0 Å². The molecule has 0 bridgehead atoms. The third-order valence-corrected chi connectivity index (χ3v) is 6.07. The number of nitrogens with zero attached hydrogens (tertiary/aromatic N) is 1. The Morgan fingerprint density at radius 2 is 1.50 bits per heavy atom. The number of carbonyl (C=O) groups excluding carboxylic acids is 2. The van der Waals surface area contributed by atoms with Gasteiger partial charge in [0.1, 0.15) is 12.1 Å². The van der Waals surface area contributed by atoms with E-state index in [1.54, 1.807) is 12.1 Å². The molecule has 3 rings (SSSR count). The molecule has 34 heavy (non-hydrogen) atoms. The molecular weight excluding hydrogens is 458 g/mol. The number of hydrogen-bond acceptors (Lipinski definition) is 6. The average molecular weight is 490 g/mol. The predicted octanol–water partition coefficient (Wildman–Crippen LogP) is 2.49. The van der Waals surface area contributed by atoms with E-state index in [0.29, 0.717) is 12.8 Å². The zero-order chi connectivity index (χ0) is 23.8. The predicted molar refractivity (Wildman–Crippen MR) is 130 cm³/mol. The Hall–Kier alpha value is -2.94. The van der Waals surface area contributed by atoms with Crippen LogP contribution in [-0.2, 0) is 32.0 Å². The Morgan fingerprint density at radius 3 is 1.97 bits per heavy atom. The fraction of sp³-hybridized carbons (Fsp3) is 0.400. The van der Waals surface area contributed by atoms with Crippen LogP contribution in [0.3, 0.4) is 0 Å². The molecule has 1 aliphatic rings. The van der Waals surface area contributed by atoms with Gasteiger partial charge in [-0.1, -0.05) is 73.5 Å². The van der Waals surface area contributed by atoms with E-state index in [9.17, 15) is 19.5 Å². The van der Waals surface area contributed by atoms with Gasteiger partial charge in [0.25, 0.3) is 5.91 Å². The number of methoxy groups -OCH3 is 1. The summed E-state index contributed by atoms with van der Waals surface area (Å²) in [5.74, 6) is -2.31. The van der Waals surface area contributed by atoms with Crippen molar-refractivity contribution in [3.63, 3.8) is 0 Å². The van der Waals surface area contributed by atoms with Crippen molar-refractivity contribution in [2.24, 2.45) is 5.73 Å². The number of nitrogens with two attached hydrogens (primary N) is 1. The fourth-order valence-electron chi connectivity index (χ4n) is 4.22. The third-order valence-electron chi connectivity index (χ3n) is 6.07. The maximum absolute atomic E-state index is 13.6.